The lowest BCUT2D eigenvalue weighted by Gasteiger charge is -2.30. The van der Waals surface area contributed by atoms with Crippen LogP contribution in [0.15, 0.2) is 59.6 Å². The lowest BCUT2D eigenvalue weighted by Crippen LogP contribution is -2.26. The highest BCUT2D eigenvalue weighted by molar-refractivity contribution is 5.79. The first-order valence-corrected chi connectivity index (χ1v) is 8.04. The van der Waals surface area contributed by atoms with Crippen molar-refractivity contribution >= 4 is 17.5 Å². The third-order valence-electron chi connectivity index (χ3n) is 4.28. The van der Waals surface area contributed by atoms with E-state index < -0.39 is 12.0 Å². The summed E-state index contributed by atoms with van der Waals surface area (Å²) in [6.07, 6.45) is 3.33. The zero-order chi connectivity index (χ0) is 18.3. The van der Waals surface area contributed by atoms with Crippen LogP contribution in [0.1, 0.15) is 17.6 Å². The van der Waals surface area contributed by atoms with Crippen LogP contribution >= 0.6 is 0 Å². The molecule has 0 spiro atoms. The Labute approximate surface area is 148 Å². The number of hydrogen-bond donors (Lipinski definition) is 0. The summed E-state index contributed by atoms with van der Waals surface area (Å²) in [5.74, 6) is -0.147. The fourth-order valence-electron chi connectivity index (χ4n) is 3.09. The fraction of sp³-hybridized carbons (Fsp3) is 0.158. The summed E-state index contributed by atoms with van der Waals surface area (Å²) in [5.41, 5.74) is 2.72. The molecule has 132 valence electrons. The maximum absolute atomic E-state index is 13.9. The number of rotatable bonds is 3. The quantitative estimate of drug-likeness (QED) is 0.708. The van der Waals surface area contributed by atoms with Crippen molar-refractivity contribution in [3.63, 3.8) is 0 Å². The van der Waals surface area contributed by atoms with E-state index >= 15 is 0 Å². The molecule has 1 aliphatic rings. The van der Waals surface area contributed by atoms with Crippen LogP contribution in [0.5, 0.6) is 5.75 Å². The SMILES string of the molecule is COc1ccc(N2C=C(F)C=NC2c2c(C)nc3ccc(F)cn23)cc1. The van der Waals surface area contributed by atoms with Gasteiger partial charge < -0.3 is 9.64 Å². The molecule has 5 nitrogen and oxygen atoms in total. The van der Waals surface area contributed by atoms with E-state index in [2.05, 4.69) is 9.98 Å². The Hall–Kier alpha value is -3.22. The highest BCUT2D eigenvalue weighted by Gasteiger charge is 2.27. The van der Waals surface area contributed by atoms with Gasteiger partial charge in [-0.15, -0.1) is 0 Å². The van der Waals surface area contributed by atoms with E-state index in [1.165, 1.54) is 24.7 Å². The molecular weight excluding hydrogens is 338 g/mol. The van der Waals surface area contributed by atoms with Gasteiger partial charge in [0, 0.05) is 18.1 Å². The van der Waals surface area contributed by atoms with Crippen LogP contribution < -0.4 is 9.64 Å². The first-order chi connectivity index (χ1) is 12.6. The predicted octanol–water partition coefficient (Wildman–Crippen LogP) is 4.19. The highest BCUT2D eigenvalue weighted by Crippen LogP contribution is 2.34. The van der Waals surface area contributed by atoms with Gasteiger partial charge in [0.15, 0.2) is 12.0 Å². The number of methoxy groups -OCH3 is 1. The van der Waals surface area contributed by atoms with Crippen LogP contribution in [0.3, 0.4) is 0 Å². The largest absolute Gasteiger partial charge is 0.497 e. The summed E-state index contributed by atoms with van der Waals surface area (Å²) in [7, 11) is 1.58. The molecule has 7 heteroatoms. The van der Waals surface area contributed by atoms with Gasteiger partial charge in [0.2, 0.25) is 0 Å². The highest BCUT2D eigenvalue weighted by atomic mass is 19.1. The first kappa shape index (κ1) is 16.3. The van der Waals surface area contributed by atoms with Gasteiger partial charge in [0.25, 0.3) is 0 Å². The smallest absolute Gasteiger partial charge is 0.168 e. The molecular formula is C19H16F2N4O. The summed E-state index contributed by atoms with van der Waals surface area (Å²) in [6, 6.07) is 10.2. The molecule has 0 aliphatic carbocycles. The van der Waals surface area contributed by atoms with Crippen molar-refractivity contribution < 1.29 is 13.5 Å². The van der Waals surface area contributed by atoms with Crippen LogP contribution in [0, 0.1) is 12.7 Å². The molecule has 0 bridgehead atoms. The van der Waals surface area contributed by atoms with E-state index in [4.69, 9.17) is 4.74 Å². The fourth-order valence-corrected chi connectivity index (χ4v) is 3.09. The summed E-state index contributed by atoms with van der Waals surface area (Å²) in [4.78, 5) is 10.5. The number of aromatic nitrogens is 2. The maximum Gasteiger partial charge on any atom is 0.168 e. The number of ether oxygens (including phenoxy) is 1. The normalized spacial score (nSPS) is 16.8. The Kier molecular flexibility index (Phi) is 3.91. The number of benzene rings is 1. The van der Waals surface area contributed by atoms with E-state index in [-0.39, 0.29) is 5.82 Å². The number of fused-ring (bicyclic) bond motifs is 1. The van der Waals surface area contributed by atoms with Gasteiger partial charge in [-0.1, -0.05) is 0 Å². The maximum atomic E-state index is 13.9. The second-order valence-electron chi connectivity index (χ2n) is 5.93. The average Bonchev–Trinajstić information content (AvgIpc) is 2.97. The summed E-state index contributed by atoms with van der Waals surface area (Å²) >= 11 is 0. The van der Waals surface area contributed by atoms with E-state index in [0.717, 1.165) is 5.69 Å². The van der Waals surface area contributed by atoms with E-state index in [1.807, 2.05) is 19.1 Å². The second-order valence-corrected chi connectivity index (χ2v) is 5.93. The number of aliphatic imine (C=N–C) groups is 1. The molecule has 3 aromatic rings. The van der Waals surface area contributed by atoms with Crippen LogP contribution in [-0.2, 0) is 0 Å². The molecule has 4 rings (SSSR count). The summed E-state index contributed by atoms with van der Waals surface area (Å²) < 4.78 is 34.5. The molecule has 0 amide bonds. The average molecular weight is 354 g/mol. The standard InChI is InChI=1S/C19H16F2N4O/c1-12-18(25-10-13(20)3-8-17(25)23-12)19-22-9-14(21)11-24(19)15-4-6-16(26-2)7-5-15/h3-11,19H,1-2H3. The minimum atomic E-state index is -0.570. The molecule has 0 radical (unpaired) electrons. The zero-order valence-electron chi connectivity index (χ0n) is 14.2. The number of nitrogens with zero attached hydrogens (tertiary/aromatic N) is 4. The van der Waals surface area contributed by atoms with Gasteiger partial charge in [0.1, 0.15) is 17.2 Å². The molecule has 2 aromatic heterocycles. The van der Waals surface area contributed by atoms with Gasteiger partial charge in [-0.3, -0.25) is 9.39 Å². The van der Waals surface area contributed by atoms with Crippen molar-refractivity contribution in [1.29, 1.82) is 0 Å². The lowest BCUT2D eigenvalue weighted by atomic mass is 10.2. The van der Waals surface area contributed by atoms with Crippen LogP contribution in [-0.4, -0.2) is 22.7 Å². The number of aryl methyl sites for hydroxylation is 1. The van der Waals surface area contributed by atoms with E-state index in [9.17, 15) is 8.78 Å². The Bertz CT molecular complexity index is 1020. The Morgan fingerprint density at radius 2 is 1.85 bits per heavy atom. The molecule has 0 N–H and O–H groups in total. The molecule has 3 heterocycles. The molecule has 1 aliphatic heterocycles. The molecule has 1 atom stereocenters. The number of anilines is 1. The van der Waals surface area contributed by atoms with Gasteiger partial charge in [-0.25, -0.2) is 13.8 Å². The Morgan fingerprint density at radius 3 is 2.58 bits per heavy atom. The summed E-state index contributed by atoms with van der Waals surface area (Å²) in [5, 5.41) is 0. The number of allylic oxidation sites excluding steroid dienone is 1. The van der Waals surface area contributed by atoms with Gasteiger partial charge in [-0.05, 0) is 43.3 Å². The second kappa shape index (κ2) is 6.25. The third-order valence-corrected chi connectivity index (χ3v) is 4.28. The van der Waals surface area contributed by atoms with Gasteiger partial charge in [-0.2, -0.15) is 0 Å². The molecule has 0 saturated heterocycles. The minimum Gasteiger partial charge on any atom is -0.497 e. The van der Waals surface area contributed by atoms with Crippen LogP contribution in [0.25, 0.3) is 5.65 Å². The van der Waals surface area contributed by atoms with Crippen molar-refractivity contribution in [3.05, 3.63) is 71.8 Å². The predicted molar refractivity (Wildman–Crippen MR) is 95.8 cm³/mol. The minimum absolute atomic E-state index is 0.381. The summed E-state index contributed by atoms with van der Waals surface area (Å²) in [6.45, 7) is 1.83. The van der Waals surface area contributed by atoms with Gasteiger partial charge in [0.05, 0.1) is 24.7 Å². The number of hydrogen-bond acceptors (Lipinski definition) is 4. The Balaban J connectivity index is 1.85. The molecule has 1 aromatic carbocycles. The van der Waals surface area contributed by atoms with E-state index in [1.54, 1.807) is 34.6 Å². The number of pyridine rings is 1. The van der Waals surface area contributed by atoms with Crippen molar-refractivity contribution in [3.8, 4) is 5.75 Å². The monoisotopic (exact) mass is 354 g/mol. The van der Waals surface area contributed by atoms with Crippen LogP contribution in [0.4, 0.5) is 14.5 Å². The number of halogens is 2. The molecule has 26 heavy (non-hydrogen) atoms. The third kappa shape index (κ3) is 2.71. The topological polar surface area (TPSA) is 42.1 Å². The lowest BCUT2D eigenvalue weighted by molar-refractivity contribution is 0.415. The van der Waals surface area contributed by atoms with Crippen molar-refractivity contribution in [2.45, 2.75) is 13.1 Å². The Morgan fingerprint density at radius 1 is 1.08 bits per heavy atom. The van der Waals surface area contributed by atoms with Crippen LogP contribution in [0.2, 0.25) is 0 Å². The van der Waals surface area contributed by atoms with Crippen molar-refractivity contribution in [2.24, 2.45) is 4.99 Å². The number of imidazole rings is 1. The first-order valence-electron chi connectivity index (χ1n) is 8.04. The van der Waals surface area contributed by atoms with Gasteiger partial charge >= 0.3 is 0 Å². The zero-order valence-corrected chi connectivity index (χ0v) is 14.2. The van der Waals surface area contributed by atoms with E-state index in [0.29, 0.717) is 22.8 Å². The molecule has 0 fully saturated rings. The molecule has 1 unspecified atom stereocenters. The molecule has 0 saturated carbocycles. The van der Waals surface area contributed by atoms with Crippen molar-refractivity contribution in [1.82, 2.24) is 9.38 Å². The van der Waals surface area contributed by atoms with Crippen molar-refractivity contribution in [2.75, 3.05) is 12.0 Å².